The van der Waals surface area contributed by atoms with E-state index in [9.17, 15) is 18.7 Å². The molecule has 0 unspecified atom stereocenters. The number of benzene rings is 1. The molecule has 0 saturated carbocycles. The molecule has 0 saturated heterocycles. The van der Waals surface area contributed by atoms with Crippen LogP contribution in [-0.2, 0) is 6.54 Å². The Balaban J connectivity index is 1.80. The molecule has 0 spiro atoms. The van der Waals surface area contributed by atoms with E-state index in [1.54, 1.807) is 0 Å². The van der Waals surface area contributed by atoms with Gasteiger partial charge in [0.1, 0.15) is 16.6 Å². The van der Waals surface area contributed by atoms with Crippen LogP contribution in [0.25, 0.3) is 0 Å². The minimum Gasteiger partial charge on any atom is -0.386 e. The highest BCUT2D eigenvalue weighted by Crippen LogP contribution is 2.17. The predicted molar refractivity (Wildman–Crippen MR) is 78.4 cm³/mol. The van der Waals surface area contributed by atoms with E-state index in [4.69, 9.17) is 0 Å². The fourth-order valence-electron chi connectivity index (χ4n) is 1.77. The third-order valence-electron chi connectivity index (χ3n) is 2.84. The Morgan fingerprint density at radius 1 is 1.41 bits per heavy atom. The van der Waals surface area contributed by atoms with Gasteiger partial charge in [-0.15, -0.1) is 11.3 Å². The van der Waals surface area contributed by atoms with Gasteiger partial charge in [0.25, 0.3) is 0 Å². The highest BCUT2D eigenvalue weighted by Gasteiger charge is 2.14. The maximum Gasteiger partial charge on any atom is 0.315 e. The topological polar surface area (TPSA) is 74.2 Å². The van der Waals surface area contributed by atoms with Crippen LogP contribution in [-0.4, -0.2) is 22.7 Å². The van der Waals surface area contributed by atoms with Crippen LogP contribution in [0, 0.1) is 18.6 Å². The van der Waals surface area contributed by atoms with Crippen molar-refractivity contribution in [2.75, 3.05) is 6.54 Å². The van der Waals surface area contributed by atoms with Crippen LogP contribution < -0.4 is 10.6 Å². The summed E-state index contributed by atoms with van der Waals surface area (Å²) in [5.41, 5.74) is 0.807. The van der Waals surface area contributed by atoms with Gasteiger partial charge in [-0.3, -0.25) is 0 Å². The monoisotopic (exact) mass is 327 g/mol. The fourth-order valence-corrected chi connectivity index (χ4v) is 2.48. The first kappa shape index (κ1) is 16.3. The number of hydrogen-bond acceptors (Lipinski definition) is 4. The third kappa shape index (κ3) is 4.47. The first-order valence-electron chi connectivity index (χ1n) is 6.51. The van der Waals surface area contributed by atoms with Crippen LogP contribution >= 0.6 is 11.3 Å². The number of thiazole rings is 1. The molecule has 1 aromatic heterocycles. The molecular weight excluding hydrogens is 312 g/mol. The number of aliphatic hydroxyl groups is 1. The van der Waals surface area contributed by atoms with E-state index >= 15 is 0 Å². The van der Waals surface area contributed by atoms with Gasteiger partial charge in [-0.1, -0.05) is 6.07 Å². The second-order valence-electron chi connectivity index (χ2n) is 4.63. The number of hydrogen-bond donors (Lipinski definition) is 3. The Morgan fingerprint density at radius 3 is 2.82 bits per heavy atom. The maximum atomic E-state index is 13.5. The van der Waals surface area contributed by atoms with Crippen molar-refractivity contribution < 1.29 is 18.7 Å². The lowest BCUT2D eigenvalue weighted by Crippen LogP contribution is -2.37. The Morgan fingerprint density at radius 2 is 2.18 bits per heavy atom. The molecule has 2 rings (SSSR count). The van der Waals surface area contributed by atoms with Gasteiger partial charge in [-0.05, 0) is 13.0 Å². The number of rotatable bonds is 5. The van der Waals surface area contributed by atoms with Crippen LogP contribution in [0.5, 0.6) is 0 Å². The minimum absolute atomic E-state index is 0.0720. The van der Waals surface area contributed by atoms with Crippen molar-refractivity contribution in [3.8, 4) is 0 Å². The van der Waals surface area contributed by atoms with Crippen molar-refractivity contribution in [2.45, 2.75) is 19.6 Å². The normalized spacial score (nSPS) is 12.0. The quantitative estimate of drug-likeness (QED) is 0.789. The van der Waals surface area contributed by atoms with Crippen molar-refractivity contribution in [3.63, 3.8) is 0 Å². The van der Waals surface area contributed by atoms with E-state index in [0.29, 0.717) is 6.07 Å². The standard InChI is InChI=1S/C14H15F2N3O2S/c1-8-7-22-13(19-8)6-18-14(21)17-5-12(20)10-3-2-9(15)4-11(10)16/h2-4,7,12,20H,5-6H2,1H3,(H2,17,18,21)/t12-/m0/s1. The predicted octanol–water partition coefficient (Wildman–Crippen LogP) is 2.26. The Kier molecular flexibility index (Phi) is 5.40. The van der Waals surface area contributed by atoms with Gasteiger partial charge in [-0.2, -0.15) is 0 Å². The molecule has 8 heteroatoms. The Bertz CT molecular complexity index is 663. The lowest BCUT2D eigenvalue weighted by Gasteiger charge is -2.13. The molecule has 0 aliphatic rings. The fraction of sp³-hybridized carbons (Fsp3) is 0.286. The number of aliphatic hydroxyl groups excluding tert-OH is 1. The van der Waals surface area contributed by atoms with Crippen molar-refractivity contribution in [1.29, 1.82) is 0 Å². The first-order valence-corrected chi connectivity index (χ1v) is 7.39. The van der Waals surface area contributed by atoms with Crippen LogP contribution in [0.15, 0.2) is 23.6 Å². The van der Waals surface area contributed by atoms with E-state index in [0.717, 1.165) is 22.8 Å². The van der Waals surface area contributed by atoms with E-state index in [1.807, 2.05) is 12.3 Å². The number of aromatic nitrogens is 1. The second-order valence-corrected chi connectivity index (χ2v) is 5.57. The van der Waals surface area contributed by atoms with Gasteiger partial charge in [-0.25, -0.2) is 18.6 Å². The van der Waals surface area contributed by atoms with Crippen molar-refractivity contribution in [2.24, 2.45) is 0 Å². The highest BCUT2D eigenvalue weighted by molar-refractivity contribution is 7.09. The molecule has 0 aliphatic heterocycles. The summed E-state index contributed by atoms with van der Waals surface area (Å²) in [5, 5.41) is 17.4. The molecule has 1 atom stereocenters. The molecule has 0 bridgehead atoms. The molecule has 0 fully saturated rings. The number of urea groups is 1. The molecule has 0 aliphatic carbocycles. The summed E-state index contributed by atoms with van der Waals surface area (Å²) in [6.07, 6.45) is -1.26. The van der Waals surface area contributed by atoms with Gasteiger partial charge in [0.15, 0.2) is 0 Å². The summed E-state index contributed by atoms with van der Waals surface area (Å²) in [4.78, 5) is 15.8. The number of amides is 2. The van der Waals surface area contributed by atoms with E-state index in [-0.39, 0.29) is 18.7 Å². The van der Waals surface area contributed by atoms with Crippen molar-refractivity contribution >= 4 is 17.4 Å². The van der Waals surface area contributed by atoms with Crippen LogP contribution in [0.2, 0.25) is 0 Å². The van der Waals surface area contributed by atoms with Gasteiger partial charge in [0.05, 0.1) is 12.6 Å². The van der Waals surface area contributed by atoms with Gasteiger partial charge in [0.2, 0.25) is 0 Å². The Hall–Kier alpha value is -2.06. The molecule has 3 N–H and O–H groups in total. The number of nitrogens with one attached hydrogen (secondary N) is 2. The Labute approximate surface area is 130 Å². The summed E-state index contributed by atoms with van der Waals surface area (Å²) in [6.45, 7) is 1.93. The molecule has 1 aromatic carbocycles. The van der Waals surface area contributed by atoms with E-state index < -0.39 is 23.8 Å². The summed E-state index contributed by atoms with van der Waals surface area (Å²) in [5.74, 6) is -1.58. The maximum absolute atomic E-state index is 13.5. The zero-order valence-corrected chi connectivity index (χ0v) is 12.6. The van der Waals surface area contributed by atoms with Crippen molar-refractivity contribution in [1.82, 2.24) is 15.6 Å². The molecular formula is C14H15F2N3O2S. The molecule has 5 nitrogen and oxygen atoms in total. The molecule has 118 valence electrons. The summed E-state index contributed by atoms with van der Waals surface area (Å²) in [6, 6.07) is 2.37. The average molecular weight is 327 g/mol. The largest absolute Gasteiger partial charge is 0.386 e. The smallest absolute Gasteiger partial charge is 0.315 e. The zero-order chi connectivity index (χ0) is 16.1. The van der Waals surface area contributed by atoms with Crippen LogP contribution in [0.3, 0.4) is 0 Å². The molecule has 2 amide bonds. The van der Waals surface area contributed by atoms with Gasteiger partial charge in [0, 0.05) is 29.2 Å². The summed E-state index contributed by atoms with van der Waals surface area (Å²) >= 11 is 1.43. The number of halogens is 2. The van der Waals surface area contributed by atoms with E-state index in [2.05, 4.69) is 15.6 Å². The van der Waals surface area contributed by atoms with Crippen LogP contribution in [0.4, 0.5) is 13.6 Å². The summed E-state index contributed by atoms with van der Waals surface area (Å²) < 4.78 is 26.2. The summed E-state index contributed by atoms with van der Waals surface area (Å²) in [7, 11) is 0. The van der Waals surface area contributed by atoms with Crippen LogP contribution in [0.1, 0.15) is 22.4 Å². The highest BCUT2D eigenvalue weighted by atomic mass is 32.1. The minimum atomic E-state index is -1.26. The number of carbonyl (C=O) groups excluding carboxylic acids is 1. The van der Waals surface area contributed by atoms with Gasteiger partial charge >= 0.3 is 6.03 Å². The molecule has 0 radical (unpaired) electrons. The number of nitrogens with zero attached hydrogens (tertiary/aromatic N) is 1. The molecule has 2 aromatic rings. The second kappa shape index (κ2) is 7.28. The lowest BCUT2D eigenvalue weighted by atomic mass is 10.1. The van der Waals surface area contributed by atoms with E-state index in [1.165, 1.54) is 11.3 Å². The third-order valence-corrected chi connectivity index (χ3v) is 3.81. The zero-order valence-electron chi connectivity index (χ0n) is 11.8. The number of carbonyl (C=O) groups is 1. The number of aryl methyl sites for hydroxylation is 1. The SMILES string of the molecule is Cc1csc(CNC(=O)NC[C@H](O)c2ccc(F)cc2F)n1. The molecule has 22 heavy (non-hydrogen) atoms. The lowest BCUT2D eigenvalue weighted by molar-refractivity contribution is 0.168. The average Bonchev–Trinajstić information content (AvgIpc) is 2.88. The van der Waals surface area contributed by atoms with Gasteiger partial charge < -0.3 is 15.7 Å². The molecule has 1 heterocycles. The van der Waals surface area contributed by atoms with Crippen molar-refractivity contribution in [3.05, 3.63) is 51.5 Å². The first-order chi connectivity index (χ1) is 10.5.